The van der Waals surface area contributed by atoms with Gasteiger partial charge in [-0.3, -0.25) is 9.59 Å². The van der Waals surface area contributed by atoms with Crippen LogP contribution in [0.4, 0.5) is 10.1 Å². The van der Waals surface area contributed by atoms with E-state index in [2.05, 4.69) is 26.6 Å². The van der Waals surface area contributed by atoms with Crippen molar-refractivity contribution < 1.29 is 14.0 Å². The second-order valence-corrected chi connectivity index (χ2v) is 5.58. The van der Waals surface area contributed by atoms with Gasteiger partial charge in [0.25, 0.3) is 0 Å². The van der Waals surface area contributed by atoms with E-state index in [9.17, 15) is 14.0 Å². The molecule has 0 aliphatic rings. The number of halogens is 3. The molecule has 0 aliphatic heterocycles. The maximum atomic E-state index is 13.5. The number of hydrogen-bond donors (Lipinski definition) is 3. The quantitative estimate of drug-likeness (QED) is 0.729. The molecule has 1 aromatic rings. The van der Waals surface area contributed by atoms with Crippen molar-refractivity contribution in [2.24, 2.45) is 11.7 Å². The van der Waals surface area contributed by atoms with Crippen molar-refractivity contribution in [1.29, 1.82) is 0 Å². The minimum Gasteiger partial charge on any atom is -0.346 e. The van der Waals surface area contributed by atoms with E-state index >= 15 is 0 Å². The minimum atomic E-state index is -0.674. The lowest BCUT2D eigenvalue weighted by atomic mass is 10.1. The number of benzene rings is 1. The molecule has 0 saturated heterocycles. The molecule has 0 heterocycles. The monoisotopic (exact) mass is 381 g/mol. The third-order valence-electron chi connectivity index (χ3n) is 2.65. The molecule has 0 saturated carbocycles. The Kier molecular flexibility index (Phi) is 8.46. The van der Waals surface area contributed by atoms with Gasteiger partial charge in [0, 0.05) is 4.47 Å². The fraction of sp³-hybridized carbons (Fsp3) is 0.385. The van der Waals surface area contributed by atoms with Crippen molar-refractivity contribution in [2.45, 2.75) is 19.9 Å². The molecule has 1 aromatic carbocycles. The minimum absolute atomic E-state index is 0. The van der Waals surface area contributed by atoms with E-state index in [0.29, 0.717) is 4.47 Å². The average molecular weight is 383 g/mol. The predicted octanol–water partition coefficient (Wildman–Crippen LogP) is 2.05. The van der Waals surface area contributed by atoms with E-state index in [-0.39, 0.29) is 30.6 Å². The van der Waals surface area contributed by atoms with Gasteiger partial charge in [-0.05, 0) is 24.1 Å². The number of nitrogens with one attached hydrogen (secondary N) is 2. The summed E-state index contributed by atoms with van der Waals surface area (Å²) in [4.78, 5) is 23.2. The lowest BCUT2D eigenvalue weighted by Crippen LogP contribution is -2.46. The number of carbonyl (C=O) groups excluding carboxylic acids is 2. The Morgan fingerprint density at radius 1 is 1.38 bits per heavy atom. The summed E-state index contributed by atoms with van der Waals surface area (Å²) < 4.78 is 14.1. The van der Waals surface area contributed by atoms with Gasteiger partial charge in [-0.25, -0.2) is 4.39 Å². The molecule has 4 N–H and O–H groups in total. The van der Waals surface area contributed by atoms with Gasteiger partial charge in [-0.1, -0.05) is 29.8 Å². The van der Waals surface area contributed by atoms with Crippen molar-refractivity contribution in [2.75, 3.05) is 11.9 Å². The van der Waals surface area contributed by atoms with E-state index in [4.69, 9.17) is 5.73 Å². The Bertz CT molecular complexity index is 514. The summed E-state index contributed by atoms with van der Waals surface area (Å²) in [6, 6.07) is 3.60. The third-order valence-corrected chi connectivity index (χ3v) is 3.14. The molecular formula is C13H18BrClFN3O2. The van der Waals surface area contributed by atoms with E-state index in [1.807, 2.05) is 13.8 Å². The Balaban J connectivity index is 0.00000400. The molecule has 1 atom stereocenters. The summed E-state index contributed by atoms with van der Waals surface area (Å²) >= 11 is 3.12. The molecule has 118 valence electrons. The standard InChI is InChI=1S/C13H17BrFN3O2.ClH/c1-7(2)12(16)13(20)17-6-11(19)18-10-4-3-8(14)5-9(10)15;/h3-5,7,12H,6,16H2,1-2H3,(H,17,20)(H,18,19);1H/t12-;/m0./s1. The predicted molar refractivity (Wildman–Crippen MR) is 85.8 cm³/mol. The third kappa shape index (κ3) is 6.41. The Morgan fingerprint density at radius 3 is 2.52 bits per heavy atom. The molecule has 5 nitrogen and oxygen atoms in total. The van der Waals surface area contributed by atoms with Crippen LogP contribution in [0, 0.1) is 11.7 Å². The van der Waals surface area contributed by atoms with Gasteiger partial charge < -0.3 is 16.4 Å². The number of anilines is 1. The molecule has 0 unspecified atom stereocenters. The Morgan fingerprint density at radius 2 is 2.00 bits per heavy atom. The molecule has 0 fully saturated rings. The van der Waals surface area contributed by atoms with Crippen LogP contribution in [0.2, 0.25) is 0 Å². The van der Waals surface area contributed by atoms with Crippen LogP contribution in [-0.4, -0.2) is 24.4 Å². The van der Waals surface area contributed by atoms with Gasteiger partial charge >= 0.3 is 0 Å². The zero-order valence-corrected chi connectivity index (χ0v) is 14.1. The number of nitrogens with two attached hydrogens (primary N) is 1. The molecule has 1 rings (SSSR count). The summed E-state index contributed by atoms with van der Waals surface area (Å²) in [6.07, 6.45) is 0. The van der Waals surface area contributed by atoms with Crippen molar-refractivity contribution >= 4 is 45.8 Å². The van der Waals surface area contributed by atoms with Crippen LogP contribution in [0.25, 0.3) is 0 Å². The van der Waals surface area contributed by atoms with Crippen LogP contribution in [-0.2, 0) is 9.59 Å². The highest BCUT2D eigenvalue weighted by Gasteiger charge is 2.17. The first-order valence-electron chi connectivity index (χ1n) is 6.09. The molecule has 0 aliphatic carbocycles. The number of hydrogen-bond acceptors (Lipinski definition) is 3. The van der Waals surface area contributed by atoms with Gasteiger partial charge in [-0.2, -0.15) is 0 Å². The largest absolute Gasteiger partial charge is 0.346 e. The summed E-state index contributed by atoms with van der Waals surface area (Å²) in [7, 11) is 0. The second kappa shape index (κ2) is 8.96. The van der Waals surface area contributed by atoms with Crippen LogP contribution in [0.15, 0.2) is 22.7 Å². The highest BCUT2D eigenvalue weighted by Crippen LogP contribution is 2.19. The molecule has 0 spiro atoms. The van der Waals surface area contributed by atoms with Crippen LogP contribution < -0.4 is 16.4 Å². The summed E-state index contributed by atoms with van der Waals surface area (Å²) in [5, 5.41) is 4.78. The fourth-order valence-corrected chi connectivity index (χ4v) is 1.71. The Labute approximate surface area is 137 Å². The van der Waals surface area contributed by atoms with Gasteiger partial charge in [0.2, 0.25) is 11.8 Å². The summed E-state index contributed by atoms with van der Waals surface area (Å²) in [6.45, 7) is 3.36. The SMILES string of the molecule is CC(C)[C@H](N)C(=O)NCC(=O)Nc1ccc(Br)cc1F.Cl. The fourth-order valence-electron chi connectivity index (χ4n) is 1.37. The second-order valence-electron chi connectivity index (χ2n) is 4.66. The van der Waals surface area contributed by atoms with Gasteiger partial charge in [-0.15, -0.1) is 12.4 Å². The Hall–Kier alpha value is -1.18. The zero-order chi connectivity index (χ0) is 15.3. The van der Waals surface area contributed by atoms with Gasteiger partial charge in [0.05, 0.1) is 18.3 Å². The van der Waals surface area contributed by atoms with E-state index in [1.165, 1.54) is 12.1 Å². The van der Waals surface area contributed by atoms with Crippen molar-refractivity contribution in [3.8, 4) is 0 Å². The molecule has 0 radical (unpaired) electrons. The lowest BCUT2D eigenvalue weighted by molar-refractivity contribution is -0.125. The lowest BCUT2D eigenvalue weighted by Gasteiger charge is -2.15. The van der Waals surface area contributed by atoms with Crippen molar-refractivity contribution in [3.05, 3.63) is 28.5 Å². The van der Waals surface area contributed by atoms with E-state index < -0.39 is 23.7 Å². The summed E-state index contributed by atoms with van der Waals surface area (Å²) in [5.74, 6) is -1.51. The first-order chi connectivity index (χ1) is 9.31. The van der Waals surface area contributed by atoms with E-state index in [1.54, 1.807) is 6.07 Å². The molecule has 0 bridgehead atoms. The van der Waals surface area contributed by atoms with Gasteiger partial charge in [0.15, 0.2) is 0 Å². The van der Waals surface area contributed by atoms with E-state index in [0.717, 1.165) is 0 Å². The highest BCUT2D eigenvalue weighted by molar-refractivity contribution is 9.10. The van der Waals surface area contributed by atoms with Crippen LogP contribution >= 0.6 is 28.3 Å². The number of carbonyl (C=O) groups is 2. The molecule has 2 amide bonds. The van der Waals surface area contributed by atoms with Crippen LogP contribution in [0.3, 0.4) is 0 Å². The first-order valence-corrected chi connectivity index (χ1v) is 6.88. The number of rotatable bonds is 5. The molecule has 21 heavy (non-hydrogen) atoms. The smallest absolute Gasteiger partial charge is 0.243 e. The normalized spacial score (nSPS) is 11.5. The van der Waals surface area contributed by atoms with Crippen molar-refractivity contribution in [1.82, 2.24) is 5.32 Å². The highest BCUT2D eigenvalue weighted by atomic mass is 79.9. The first kappa shape index (κ1) is 19.8. The molecule has 0 aromatic heterocycles. The maximum Gasteiger partial charge on any atom is 0.243 e. The molecule has 8 heteroatoms. The van der Waals surface area contributed by atoms with Crippen LogP contribution in [0.5, 0.6) is 0 Å². The average Bonchev–Trinajstić information content (AvgIpc) is 2.38. The van der Waals surface area contributed by atoms with Crippen molar-refractivity contribution in [3.63, 3.8) is 0 Å². The molecular weight excluding hydrogens is 365 g/mol. The summed E-state index contributed by atoms with van der Waals surface area (Å²) in [5.41, 5.74) is 5.69. The zero-order valence-electron chi connectivity index (χ0n) is 11.7. The van der Waals surface area contributed by atoms with Gasteiger partial charge in [0.1, 0.15) is 5.82 Å². The number of amides is 2. The topological polar surface area (TPSA) is 84.2 Å². The maximum absolute atomic E-state index is 13.5. The van der Waals surface area contributed by atoms with Crippen LogP contribution in [0.1, 0.15) is 13.8 Å².